The second kappa shape index (κ2) is 14.5. The van der Waals surface area contributed by atoms with Crippen LogP contribution < -0.4 is 17.2 Å². The topological polar surface area (TPSA) is 115 Å². The van der Waals surface area contributed by atoms with Gasteiger partial charge in [0, 0.05) is 38.3 Å². The van der Waals surface area contributed by atoms with Crippen LogP contribution in [0.3, 0.4) is 0 Å². The summed E-state index contributed by atoms with van der Waals surface area (Å²) in [4.78, 5) is 0. The second-order valence-corrected chi connectivity index (χ2v) is 21.4. The summed E-state index contributed by atoms with van der Waals surface area (Å²) in [6.45, 7) is 26.5. The number of rotatable bonds is 12. The molecule has 0 aromatic rings. The first-order chi connectivity index (χ1) is 14.1. The summed E-state index contributed by atoms with van der Waals surface area (Å²) in [5.41, 5.74) is 22.7. The van der Waals surface area contributed by atoms with E-state index >= 15 is 0 Å². The van der Waals surface area contributed by atoms with E-state index in [1.54, 1.807) is 0 Å². The Hall–Kier alpha value is 0.232. The van der Waals surface area contributed by atoms with Crippen molar-refractivity contribution >= 4 is 52.5 Å². The van der Waals surface area contributed by atoms with Gasteiger partial charge in [-0.05, 0) is 34.0 Å². The Bertz CT molecular complexity index is 523. The molecule has 6 nitrogen and oxygen atoms in total. The fourth-order valence-corrected chi connectivity index (χ4v) is 12.8. The molecule has 10 heteroatoms. The minimum Gasteiger partial charge on any atom is -0.401 e. The molecule has 0 aliphatic rings. The largest absolute Gasteiger partial charge is 0.540 e. The SMILES string of the molecule is CC(C)P(/N=[C](\N)[Al](/[C](N)=N/P(C(C)C)C(C)C)/[C](N)=N/P(C(C)C)C(C)C)C(C)C. The van der Waals surface area contributed by atoms with Crippen LogP contribution in [0.4, 0.5) is 0 Å². The first kappa shape index (κ1) is 31.2. The van der Waals surface area contributed by atoms with E-state index in [1.165, 1.54) is 0 Å². The lowest BCUT2D eigenvalue weighted by atomic mass is 10.5. The molecule has 0 amide bonds. The molecule has 0 spiro atoms. The van der Waals surface area contributed by atoms with Crippen molar-refractivity contribution in [2.75, 3.05) is 0 Å². The molecule has 0 heterocycles. The Kier molecular flexibility index (Phi) is 14.6. The van der Waals surface area contributed by atoms with Gasteiger partial charge in [0.15, 0.2) is 0 Å². The third-order valence-electron chi connectivity index (χ3n) is 4.75. The summed E-state index contributed by atoms with van der Waals surface area (Å²) in [6, 6.07) is 0. The Labute approximate surface area is 200 Å². The summed E-state index contributed by atoms with van der Waals surface area (Å²) in [7, 11) is -1.81. The van der Waals surface area contributed by atoms with Gasteiger partial charge in [-0.1, -0.05) is 83.1 Å². The van der Waals surface area contributed by atoms with Crippen LogP contribution >= 0.6 is 24.2 Å². The summed E-state index contributed by atoms with van der Waals surface area (Å²) < 4.78 is 16.9. The van der Waals surface area contributed by atoms with Gasteiger partial charge in [0.1, 0.15) is 0 Å². The minimum absolute atomic E-state index is 0.450. The van der Waals surface area contributed by atoms with Crippen LogP contribution in [-0.2, 0) is 0 Å². The van der Waals surface area contributed by atoms with E-state index in [1.807, 2.05) is 0 Å². The van der Waals surface area contributed by atoms with Crippen LogP contribution in [0.1, 0.15) is 83.1 Å². The predicted octanol–water partition coefficient (Wildman–Crippen LogP) is 5.81. The summed E-state index contributed by atoms with van der Waals surface area (Å²) in [5, 5.41) is 0. The monoisotopic (exact) mass is 504 g/mol. The van der Waals surface area contributed by atoms with Crippen molar-refractivity contribution in [3.05, 3.63) is 0 Å². The van der Waals surface area contributed by atoms with E-state index < -0.39 is 38.4 Å². The predicted molar refractivity (Wildman–Crippen MR) is 152 cm³/mol. The Morgan fingerprint density at radius 2 is 0.613 bits per heavy atom. The highest BCUT2D eigenvalue weighted by atomic mass is 31.1. The van der Waals surface area contributed by atoms with Gasteiger partial charge in [-0.3, -0.25) is 14.3 Å². The van der Waals surface area contributed by atoms with Gasteiger partial charge in [0.25, 0.3) is 0 Å². The molecule has 180 valence electrons. The number of nitrogens with zero attached hydrogens (tertiary/aromatic N) is 3. The lowest BCUT2D eigenvalue weighted by Crippen LogP contribution is -2.54. The van der Waals surface area contributed by atoms with Crippen LogP contribution in [-0.4, -0.2) is 62.2 Å². The highest BCUT2D eigenvalue weighted by molar-refractivity contribution is 7.60. The molecule has 6 N–H and O–H groups in total. The highest BCUT2D eigenvalue weighted by Gasteiger charge is 2.37. The van der Waals surface area contributed by atoms with Gasteiger partial charge in [-0.2, -0.15) is 0 Å². The Morgan fingerprint density at radius 1 is 0.452 bits per heavy atom. The molecule has 0 bridgehead atoms. The number of amidine groups is 3. The van der Waals surface area contributed by atoms with Gasteiger partial charge in [-0.15, -0.1) is 0 Å². The van der Waals surface area contributed by atoms with Crippen LogP contribution in [0.2, 0.25) is 0 Å². The zero-order chi connectivity index (χ0) is 24.6. The summed E-state index contributed by atoms with van der Waals surface area (Å²) >= 11 is -2.30. The maximum atomic E-state index is 6.67. The molecular weight excluding hydrogens is 456 g/mol. The van der Waals surface area contributed by atoms with E-state index in [2.05, 4.69) is 83.1 Å². The molecule has 0 aromatic carbocycles. The zero-order valence-electron chi connectivity index (χ0n) is 22.0. The molecule has 0 saturated carbocycles. The molecule has 0 fully saturated rings. The van der Waals surface area contributed by atoms with E-state index in [0.29, 0.717) is 48.0 Å². The lowest BCUT2D eigenvalue weighted by molar-refractivity contribution is 1.01. The number of hydrogen-bond acceptors (Lipinski definition) is 3. The highest BCUT2D eigenvalue weighted by Crippen LogP contribution is 2.49. The van der Waals surface area contributed by atoms with E-state index in [0.717, 1.165) is 0 Å². The van der Waals surface area contributed by atoms with Crippen molar-refractivity contribution in [3.8, 4) is 0 Å². The molecule has 0 rings (SSSR count). The molecule has 0 aliphatic carbocycles. The second-order valence-electron chi connectivity index (χ2n) is 9.71. The van der Waals surface area contributed by atoms with Gasteiger partial charge in [0.05, 0.1) is 0 Å². The minimum atomic E-state index is -2.30. The zero-order valence-corrected chi connectivity index (χ0v) is 25.8. The maximum absolute atomic E-state index is 6.67. The fraction of sp³-hybridized carbons (Fsp3) is 0.857. The van der Waals surface area contributed by atoms with Gasteiger partial charge >= 0.3 is 14.1 Å². The molecule has 0 aliphatic heterocycles. The van der Waals surface area contributed by atoms with Crippen molar-refractivity contribution in [2.45, 2.75) is 117 Å². The van der Waals surface area contributed by atoms with Crippen LogP contribution in [0.25, 0.3) is 0 Å². The molecular formula is C21H48AlN6P3. The van der Waals surface area contributed by atoms with Crippen molar-refractivity contribution < 1.29 is 0 Å². The van der Waals surface area contributed by atoms with Crippen molar-refractivity contribution in [1.82, 2.24) is 0 Å². The van der Waals surface area contributed by atoms with Crippen molar-refractivity contribution in [1.29, 1.82) is 0 Å². The Morgan fingerprint density at radius 3 is 0.742 bits per heavy atom. The number of nitrogens with two attached hydrogens (primary N) is 3. The Balaban J connectivity index is 6.55. The third kappa shape index (κ3) is 10.4. The normalized spacial score (nSPS) is 14.8. The van der Waals surface area contributed by atoms with E-state index in [4.69, 9.17) is 31.5 Å². The third-order valence-corrected chi connectivity index (χ3v) is 15.3. The van der Waals surface area contributed by atoms with Gasteiger partial charge < -0.3 is 17.2 Å². The van der Waals surface area contributed by atoms with E-state index in [9.17, 15) is 0 Å². The van der Waals surface area contributed by atoms with Crippen LogP contribution in [0.15, 0.2) is 14.3 Å². The average Bonchev–Trinajstić information content (AvgIpc) is 2.60. The molecule has 0 atom stereocenters. The molecule has 0 saturated heterocycles. The average molecular weight is 505 g/mol. The van der Waals surface area contributed by atoms with Crippen molar-refractivity contribution in [3.63, 3.8) is 0 Å². The van der Waals surface area contributed by atoms with Crippen molar-refractivity contribution in [2.24, 2.45) is 31.5 Å². The maximum Gasteiger partial charge on any atom is 0.540 e. The van der Waals surface area contributed by atoms with Gasteiger partial charge in [0.2, 0.25) is 0 Å². The van der Waals surface area contributed by atoms with Crippen LogP contribution in [0, 0.1) is 0 Å². The summed E-state index contributed by atoms with van der Waals surface area (Å²) in [5.74, 6) is 0. The standard InChI is InChI=1S/3C7H16N2P.Al/c3*1-6(2)10(7(3)4)9-5-8;/h3*6-7H,1-4H3,(H2,8,9);. The van der Waals surface area contributed by atoms with E-state index in [-0.39, 0.29) is 0 Å². The van der Waals surface area contributed by atoms with Crippen LogP contribution in [0.5, 0.6) is 0 Å². The first-order valence-corrected chi connectivity index (χ1v) is 17.5. The van der Waals surface area contributed by atoms with Gasteiger partial charge in [-0.25, -0.2) is 0 Å². The molecule has 0 aromatic heterocycles. The summed E-state index contributed by atoms with van der Waals surface area (Å²) in [6.07, 6.45) is 0. The molecule has 0 unspecified atom stereocenters. The lowest BCUT2D eigenvalue weighted by Gasteiger charge is -2.26. The molecule has 0 radical (unpaired) electrons. The smallest absolute Gasteiger partial charge is 0.401 e. The first-order valence-electron chi connectivity index (χ1n) is 11.5. The molecule has 31 heavy (non-hydrogen) atoms. The fourth-order valence-electron chi connectivity index (χ4n) is 3.51. The quantitative estimate of drug-likeness (QED) is 0.135. The number of hydrogen-bond donors (Lipinski definition) is 3.